The van der Waals surface area contributed by atoms with Crippen LogP contribution in [0.25, 0.3) is 0 Å². The van der Waals surface area contributed by atoms with E-state index in [1.165, 1.54) is 0 Å². The summed E-state index contributed by atoms with van der Waals surface area (Å²) in [4.78, 5) is 12.5. The first-order chi connectivity index (χ1) is 9.92. The quantitative estimate of drug-likeness (QED) is 0.520. The van der Waals surface area contributed by atoms with Gasteiger partial charge in [-0.3, -0.25) is 4.79 Å². The SMILES string of the molecule is O=C1Nc2cc(Cl)ccc2C(O)C1(I)c1ccc(Cl)cc1. The standard InChI is InChI=1S/C15H10Cl2INO2/c16-9-3-1-8(2-4-9)15(18)13(20)11-6-5-10(17)7-12(11)19-14(15)21/h1-7,13,20H,(H,19,21). The van der Waals surface area contributed by atoms with Crippen molar-refractivity contribution in [1.82, 2.24) is 0 Å². The lowest BCUT2D eigenvalue weighted by atomic mass is 9.84. The third-order valence-electron chi connectivity index (χ3n) is 3.53. The van der Waals surface area contributed by atoms with E-state index in [9.17, 15) is 9.90 Å². The first kappa shape index (κ1) is 15.1. The Morgan fingerprint density at radius 3 is 2.38 bits per heavy atom. The number of carbonyl (C=O) groups is 1. The molecule has 0 aliphatic carbocycles. The molecular formula is C15H10Cl2INO2. The molecular weight excluding hydrogens is 424 g/mol. The van der Waals surface area contributed by atoms with Crippen LogP contribution in [0.1, 0.15) is 17.2 Å². The van der Waals surface area contributed by atoms with Gasteiger partial charge in [0.1, 0.15) is 6.10 Å². The van der Waals surface area contributed by atoms with E-state index in [4.69, 9.17) is 23.2 Å². The molecule has 0 saturated heterocycles. The maximum Gasteiger partial charge on any atom is 0.248 e. The molecule has 6 heteroatoms. The second kappa shape index (κ2) is 5.43. The van der Waals surface area contributed by atoms with Crippen molar-refractivity contribution in [3.05, 3.63) is 63.6 Å². The molecule has 2 aromatic rings. The molecule has 1 aliphatic rings. The average Bonchev–Trinajstić information content (AvgIpc) is 2.45. The lowest BCUT2D eigenvalue weighted by molar-refractivity contribution is -0.121. The van der Waals surface area contributed by atoms with E-state index in [1.807, 2.05) is 22.6 Å². The van der Waals surface area contributed by atoms with Crippen LogP contribution >= 0.6 is 45.8 Å². The fourth-order valence-electron chi connectivity index (χ4n) is 2.41. The Morgan fingerprint density at radius 2 is 1.71 bits per heavy atom. The molecule has 2 N–H and O–H groups in total. The molecule has 1 amide bonds. The minimum absolute atomic E-state index is 0.285. The molecule has 108 valence electrons. The van der Waals surface area contributed by atoms with Crippen molar-refractivity contribution >= 4 is 57.4 Å². The molecule has 0 fully saturated rings. The second-order valence-corrected chi connectivity index (χ2v) is 7.38. The third kappa shape index (κ3) is 2.44. The zero-order valence-electron chi connectivity index (χ0n) is 10.6. The number of alkyl halides is 1. The summed E-state index contributed by atoms with van der Waals surface area (Å²) < 4.78 is -1.11. The normalized spacial score (nSPS) is 24.4. The summed E-state index contributed by atoms with van der Waals surface area (Å²) in [5.74, 6) is -0.285. The van der Waals surface area contributed by atoms with Gasteiger partial charge < -0.3 is 10.4 Å². The van der Waals surface area contributed by atoms with E-state index >= 15 is 0 Å². The summed E-state index contributed by atoms with van der Waals surface area (Å²) in [5, 5.41) is 14.6. The summed E-state index contributed by atoms with van der Waals surface area (Å²) in [6, 6.07) is 12.0. The molecule has 1 aliphatic heterocycles. The Bertz CT molecular complexity index is 720. The van der Waals surface area contributed by atoms with Crippen molar-refractivity contribution in [1.29, 1.82) is 0 Å². The van der Waals surface area contributed by atoms with Crippen LogP contribution in [0.2, 0.25) is 10.0 Å². The van der Waals surface area contributed by atoms with E-state index in [2.05, 4.69) is 5.32 Å². The number of rotatable bonds is 1. The van der Waals surface area contributed by atoms with Crippen LogP contribution in [0.3, 0.4) is 0 Å². The number of hydrogen-bond donors (Lipinski definition) is 2. The van der Waals surface area contributed by atoms with Crippen LogP contribution in [0, 0.1) is 0 Å². The van der Waals surface area contributed by atoms with Crippen molar-refractivity contribution in [2.24, 2.45) is 0 Å². The van der Waals surface area contributed by atoms with Gasteiger partial charge in [-0.1, -0.05) is 64.0 Å². The summed E-state index contributed by atoms with van der Waals surface area (Å²) in [6.45, 7) is 0. The Morgan fingerprint density at radius 1 is 1.10 bits per heavy atom. The van der Waals surface area contributed by atoms with Crippen LogP contribution in [-0.4, -0.2) is 11.0 Å². The van der Waals surface area contributed by atoms with Gasteiger partial charge in [-0.05, 0) is 29.8 Å². The van der Waals surface area contributed by atoms with Gasteiger partial charge in [-0.15, -0.1) is 0 Å². The van der Waals surface area contributed by atoms with Gasteiger partial charge in [0.2, 0.25) is 5.91 Å². The molecule has 0 radical (unpaired) electrons. The van der Waals surface area contributed by atoms with Gasteiger partial charge in [-0.25, -0.2) is 0 Å². The van der Waals surface area contributed by atoms with Crippen molar-refractivity contribution in [3.8, 4) is 0 Å². The number of fused-ring (bicyclic) bond motifs is 1. The molecule has 0 bridgehead atoms. The molecule has 2 unspecified atom stereocenters. The van der Waals surface area contributed by atoms with Gasteiger partial charge in [0, 0.05) is 21.3 Å². The molecule has 1 heterocycles. The molecule has 3 nitrogen and oxygen atoms in total. The topological polar surface area (TPSA) is 49.3 Å². The van der Waals surface area contributed by atoms with E-state index in [0.29, 0.717) is 26.9 Å². The number of carbonyl (C=O) groups excluding carboxylic acids is 1. The van der Waals surface area contributed by atoms with Gasteiger partial charge in [0.15, 0.2) is 3.42 Å². The smallest absolute Gasteiger partial charge is 0.248 e. The maximum absolute atomic E-state index is 12.5. The molecule has 2 aromatic carbocycles. The Hall–Kier alpha value is -0.820. The number of aliphatic hydroxyl groups is 1. The summed E-state index contributed by atoms with van der Waals surface area (Å²) in [7, 11) is 0. The number of benzene rings is 2. The first-order valence-corrected chi connectivity index (χ1v) is 8.00. The van der Waals surface area contributed by atoms with Gasteiger partial charge in [0.25, 0.3) is 0 Å². The second-order valence-electron chi connectivity index (χ2n) is 4.81. The molecule has 0 aromatic heterocycles. The van der Waals surface area contributed by atoms with Crippen molar-refractivity contribution in [3.63, 3.8) is 0 Å². The fourth-order valence-corrected chi connectivity index (χ4v) is 3.54. The zero-order chi connectivity index (χ0) is 15.2. The number of nitrogens with one attached hydrogen (secondary N) is 1. The van der Waals surface area contributed by atoms with Gasteiger partial charge >= 0.3 is 0 Å². The fraction of sp³-hybridized carbons (Fsp3) is 0.133. The largest absolute Gasteiger partial charge is 0.386 e. The Labute approximate surface area is 145 Å². The Kier molecular flexibility index (Phi) is 3.90. The molecule has 0 saturated carbocycles. The summed E-state index contributed by atoms with van der Waals surface area (Å²) in [5.41, 5.74) is 1.88. The number of amides is 1. The van der Waals surface area contributed by atoms with E-state index in [1.54, 1.807) is 42.5 Å². The molecule has 2 atom stereocenters. The van der Waals surface area contributed by atoms with Crippen molar-refractivity contribution < 1.29 is 9.90 Å². The average molecular weight is 434 g/mol. The predicted molar refractivity (Wildman–Crippen MR) is 92.2 cm³/mol. The number of anilines is 1. The highest BCUT2D eigenvalue weighted by Crippen LogP contribution is 2.49. The highest BCUT2D eigenvalue weighted by atomic mass is 127. The van der Waals surface area contributed by atoms with Crippen LogP contribution < -0.4 is 5.32 Å². The van der Waals surface area contributed by atoms with Gasteiger partial charge in [0.05, 0.1) is 0 Å². The van der Waals surface area contributed by atoms with E-state index < -0.39 is 9.53 Å². The van der Waals surface area contributed by atoms with Crippen LogP contribution in [0.4, 0.5) is 5.69 Å². The monoisotopic (exact) mass is 433 g/mol. The lowest BCUT2D eigenvalue weighted by Gasteiger charge is -2.37. The molecule has 0 spiro atoms. The summed E-state index contributed by atoms with van der Waals surface area (Å²) in [6.07, 6.45) is -0.972. The maximum atomic E-state index is 12.5. The summed E-state index contributed by atoms with van der Waals surface area (Å²) >= 11 is 13.8. The minimum Gasteiger partial charge on any atom is -0.386 e. The highest BCUT2D eigenvalue weighted by Gasteiger charge is 2.49. The number of halogens is 3. The highest BCUT2D eigenvalue weighted by molar-refractivity contribution is 14.1. The first-order valence-electron chi connectivity index (χ1n) is 6.17. The van der Waals surface area contributed by atoms with E-state index in [0.717, 1.165) is 0 Å². The van der Waals surface area contributed by atoms with Crippen molar-refractivity contribution in [2.45, 2.75) is 9.53 Å². The van der Waals surface area contributed by atoms with Crippen molar-refractivity contribution in [2.75, 3.05) is 5.32 Å². The molecule has 3 rings (SSSR count). The predicted octanol–water partition coefficient (Wildman–Crippen LogP) is 4.31. The van der Waals surface area contributed by atoms with Crippen LogP contribution in [-0.2, 0) is 8.22 Å². The van der Waals surface area contributed by atoms with E-state index in [-0.39, 0.29) is 5.91 Å². The van der Waals surface area contributed by atoms with Crippen LogP contribution in [0.5, 0.6) is 0 Å². The third-order valence-corrected chi connectivity index (χ3v) is 5.72. The lowest BCUT2D eigenvalue weighted by Crippen LogP contribution is -2.44. The molecule has 21 heavy (non-hydrogen) atoms. The Balaban J connectivity index is 2.13. The number of hydrogen-bond acceptors (Lipinski definition) is 2. The zero-order valence-corrected chi connectivity index (χ0v) is 14.3. The van der Waals surface area contributed by atoms with Crippen LogP contribution in [0.15, 0.2) is 42.5 Å². The van der Waals surface area contributed by atoms with Gasteiger partial charge in [-0.2, -0.15) is 0 Å². The minimum atomic E-state index is -1.11. The number of aliphatic hydroxyl groups excluding tert-OH is 1.